The first-order valence-corrected chi connectivity index (χ1v) is 12.2. The van der Waals surface area contributed by atoms with Crippen LogP contribution in [0.15, 0.2) is 48.5 Å². The molecule has 4 rings (SSSR count). The van der Waals surface area contributed by atoms with Crippen LogP contribution >= 0.6 is 22.7 Å². The van der Waals surface area contributed by atoms with Crippen LogP contribution in [-0.4, -0.2) is 35.0 Å². The van der Waals surface area contributed by atoms with Crippen molar-refractivity contribution in [3.05, 3.63) is 69.4 Å². The molecule has 0 saturated heterocycles. The van der Waals surface area contributed by atoms with Crippen LogP contribution in [0.4, 0.5) is 0 Å². The van der Waals surface area contributed by atoms with Gasteiger partial charge in [-0.25, -0.2) is 0 Å². The predicted molar refractivity (Wildman–Crippen MR) is 134 cm³/mol. The number of thiophene rings is 2. The number of fused-ring (bicyclic) bond motifs is 2. The van der Waals surface area contributed by atoms with Crippen LogP contribution in [0.5, 0.6) is 0 Å². The van der Waals surface area contributed by atoms with Crippen LogP contribution in [-0.2, 0) is 0 Å². The number of ketones is 2. The van der Waals surface area contributed by atoms with Crippen LogP contribution in [0.2, 0.25) is 0 Å². The van der Waals surface area contributed by atoms with E-state index < -0.39 is 0 Å². The summed E-state index contributed by atoms with van der Waals surface area (Å²) < 4.78 is 2.14. The van der Waals surface area contributed by atoms with E-state index >= 15 is 0 Å². The minimum Gasteiger partial charge on any atom is -0.396 e. The summed E-state index contributed by atoms with van der Waals surface area (Å²) in [5.74, 6) is 0.159. The lowest BCUT2D eigenvalue weighted by Gasteiger charge is -1.96. The van der Waals surface area contributed by atoms with Crippen LogP contribution in [0.25, 0.3) is 32.3 Å². The Morgan fingerprint density at radius 3 is 1.53 bits per heavy atom. The highest BCUT2D eigenvalue weighted by atomic mass is 32.1. The van der Waals surface area contributed by atoms with Gasteiger partial charge in [-0.05, 0) is 59.0 Å². The lowest BCUT2D eigenvalue weighted by Crippen LogP contribution is -1.96. The third kappa shape index (κ3) is 5.22. The molecule has 0 amide bonds. The van der Waals surface area contributed by atoms with E-state index in [1.807, 2.05) is 36.4 Å². The minimum atomic E-state index is 0.0319. The number of hydrogen-bond acceptors (Lipinski definition) is 6. The third-order valence-corrected chi connectivity index (χ3v) is 7.51. The Labute approximate surface area is 194 Å². The summed E-state index contributed by atoms with van der Waals surface area (Å²) in [5, 5.41) is 20.0. The van der Waals surface area contributed by atoms with E-state index in [1.54, 1.807) is 0 Å². The van der Waals surface area contributed by atoms with Gasteiger partial charge in [0.15, 0.2) is 11.6 Å². The molecular formula is C26H24O4S2. The molecule has 0 saturated carbocycles. The van der Waals surface area contributed by atoms with Gasteiger partial charge in [0, 0.05) is 35.5 Å². The van der Waals surface area contributed by atoms with Gasteiger partial charge >= 0.3 is 0 Å². The maximum atomic E-state index is 12.2. The Kier molecular flexibility index (Phi) is 7.27. The third-order valence-electron chi connectivity index (χ3n) is 5.23. The van der Waals surface area contributed by atoms with Crippen molar-refractivity contribution in [1.82, 2.24) is 0 Å². The lowest BCUT2D eigenvalue weighted by atomic mass is 10.1. The summed E-state index contributed by atoms with van der Waals surface area (Å²) >= 11 is 2.99. The van der Waals surface area contributed by atoms with E-state index in [0.29, 0.717) is 25.7 Å². The topological polar surface area (TPSA) is 74.6 Å². The Bertz CT molecular complexity index is 1200. The normalized spacial score (nSPS) is 11.7. The predicted octanol–water partition coefficient (Wildman–Crippen LogP) is 6.20. The molecule has 4 nitrogen and oxygen atoms in total. The van der Waals surface area contributed by atoms with Crippen LogP contribution in [0, 0.1) is 0 Å². The van der Waals surface area contributed by atoms with Gasteiger partial charge < -0.3 is 10.2 Å². The zero-order valence-corrected chi connectivity index (χ0v) is 19.2. The Balaban J connectivity index is 1.51. The molecule has 0 fully saturated rings. The molecular weight excluding hydrogens is 440 g/mol. The van der Waals surface area contributed by atoms with Crippen molar-refractivity contribution < 1.29 is 19.8 Å². The van der Waals surface area contributed by atoms with Crippen molar-refractivity contribution in [3.8, 4) is 0 Å². The van der Waals surface area contributed by atoms with E-state index in [1.165, 1.54) is 22.7 Å². The van der Waals surface area contributed by atoms with Gasteiger partial charge in [-0.2, -0.15) is 0 Å². The van der Waals surface area contributed by atoms with Crippen LogP contribution in [0.1, 0.15) is 56.2 Å². The molecule has 0 spiro atoms. The monoisotopic (exact) mass is 464 g/mol. The highest BCUT2D eigenvalue weighted by Gasteiger charge is 2.11. The first-order chi connectivity index (χ1) is 15.6. The SMILES string of the molecule is O=C(CCCO)c1cc2ccc(/C=C\c3ccc4cc(C(=O)CCCO)sc4c3)cc2s1. The Hall–Kier alpha value is -2.64. The smallest absolute Gasteiger partial charge is 0.172 e. The average molecular weight is 465 g/mol. The molecule has 0 unspecified atom stereocenters. The van der Waals surface area contributed by atoms with E-state index in [4.69, 9.17) is 10.2 Å². The molecule has 0 bridgehead atoms. The van der Waals surface area contributed by atoms with E-state index in [-0.39, 0.29) is 24.8 Å². The van der Waals surface area contributed by atoms with Gasteiger partial charge in [-0.1, -0.05) is 36.4 Å². The second kappa shape index (κ2) is 10.3. The number of carbonyl (C=O) groups is 2. The zero-order chi connectivity index (χ0) is 22.5. The van der Waals surface area contributed by atoms with Gasteiger partial charge in [0.1, 0.15) is 0 Å². The second-order valence-electron chi connectivity index (χ2n) is 7.65. The molecule has 0 radical (unpaired) electrons. The molecule has 0 aliphatic heterocycles. The van der Waals surface area contributed by atoms with E-state index in [2.05, 4.69) is 24.3 Å². The standard InChI is InChI=1S/C26H24O4S2/c27-11-1-3-21(29)25-15-19-9-7-17(13-23(19)31-25)5-6-18-8-10-20-16-26(32-24(20)14-18)22(30)4-2-12-28/h5-10,13-16,27-28H,1-4,11-12H2/b6-5-. The number of aliphatic hydroxyl groups excluding tert-OH is 2. The highest BCUT2D eigenvalue weighted by molar-refractivity contribution is 7.21. The number of carbonyl (C=O) groups excluding carboxylic acids is 2. The van der Waals surface area contributed by atoms with Gasteiger partial charge in [-0.3, -0.25) is 9.59 Å². The number of benzene rings is 2. The van der Waals surface area contributed by atoms with Crippen molar-refractivity contribution in [3.63, 3.8) is 0 Å². The quantitative estimate of drug-likeness (QED) is 0.217. The zero-order valence-electron chi connectivity index (χ0n) is 17.5. The first-order valence-electron chi connectivity index (χ1n) is 10.6. The number of Topliss-reactive ketones (excluding diaryl/α,β-unsaturated/α-hetero) is 2. The summed E-state index contributed by atoms with van der Waals surface area (Å²) in [5.41, 5.74) is 2.11. The lowest BCUT2D eigenvalue weighted by molar-refractivity contribution is 0.0968. The number of rotatable bonds is 10. The van der Waals surface area contributed by atoms with Crippen LogP contribution < -0.4 is 0 Å². The molecule has 164 valence electrons. The van der Waals surface area contributed by atoms with Crippen molar-refractivity contribution in [1.29, 1.82) is 0 Å². The largest absolute Gasteiger partial charge is 0.396 e. The van der Waals surface area contributed by atoms with Gasteiger partial charge in [0.2, 0.25) is 0 Å². The van der Waals surface area contributed by atoms with Gasteiger partial charge in [0.05, 0.1) is 9.75 Å². The first kappa shape index (κ1) is 22.6. The fourth-order valence-corrected chi connectivity index (χ4v) is 5.65. The molecule has 0 aliphatic carbocycles. The molecule has 4 aromatic rings. The van der Waals surface area contributed by atoms with E-state index in [0.717, 1.165) is 41.1 Å². The van der Waals surface area contributed by atoms with Crippen LogP contribution in [0.3, 0.4) is 0 Å². The molecule has 2 aromatic carbocycles. The number of aliphatic hydroxyl groups is 2. The summed E-state index contributed by atoms with van der Waals surface area (Å²) in [6, 6.07) is 16.2. The second-order valence-corrected chi connectivity index (χ2v) is 9.82. The fourth-order valence-electron chi connectivity index (χ4n) is 3.50. The highest BCUT2D eigenvalue weighted by Crippen LogP contribution is 2.30. The molecule has 6 heteroatoms. The molecule has 2 aromatic heterocycles. The summed E-state index contributed by atoms with van der Waals surface area (Å²) in [7, 11) is 0. The molecule has 32 heavy (non-hydrogen) atoms. The van der Waals surface area contributed by atoms with E-state index in [9.17, 15) is 9.59 Å². The molecule has 2 heterocycles. The minimum absolute atomic E-state index is 0.0319. The Morgan fingerprint density at radius 1 is 0.688 bits per heavy atom. The van der Waals surface area contributed by atoms with Gasteiger partial charge in [-0.15, -0.1) is 22.7 Å². The maximum absolute atomic E-state index is 12.2. The summed E-state index contributed by atoms with van der Waals surface area (Å²) in [4.78, 5) is 25.9. The summed E-state index contributed by atoms with van der Waals surface area (Å²) in [6.45, 7) is 0.0638. The van der Waals surface area contributed by atoms with Crippen molar-refractivity contribution in [2.45, 2.75) is 25.7 Å². The maximum Gasteiger partial charge on any atom is 0.172 e. The number of hydrogen-bond donors (Lipinski definition) is 2. The van der Waals surface area contributed by atoms with Crippen molar-refractivity contribution in [2.75, 3.05) is 13.2 Å². The fraction of sp³-hybridized carbons (Fsp3) is 0.231. The summed E-state index contributed by atoms with van der Waals surface area (Å²) in [6.07, 6.45) is 5.83. The average Bonchev–Trinajstić information content (AvgIpc) is 3.43. The molecule has 2 N–H and O–H groups in total. The van der Waals surface area contributed by atoms with Crippen molar-refractivity contribution >= 4 is 66.6 Å². The van der Waals surface area contributed by atoms with Gasteiger partial charge in [0.25, 0.3) is 0 Å². The Morgan fingerprint density at radius 2 is 1.12 bits per heavy atom. The molecule has 0 atom stereocenters. The molecule has 0 aliphatic rings. The van der Waals surface area contributed by atoms with Crippen molar-refractivity contribution in [2.24, 2.45) is 0 Å².